The maximum Gasteiger partial charge on any atom is 0.120 e. The Morgan fingerprint density at radius 2 is 1.89 bits per heavy atom. The van der Waals surface area contributed by atoms with Gasteiger partial charge in [-0.25, -0.2) is 0 Å². The highest BCUT2D eigenvalue weighted by atomic mass is 35.5. The van der Waals surface area contributed by atoms with E-state index >= 15 is 0 Å². The van der Waals surface area contributed by atoms with E-state index in [0.29, 0.717) is 5.75 Å². The number of phenolic OH excluding ortho intramolecular Hbond substituents is 1. The minimum Gasteiger partial charge on any atom is -0.508 e. The van der Waals surface area contributed by atoms with Crippen LogP contribution in [0.3, 0.4) is 0 Å². The van der Waals surface area contributed by atoms with Crippen LogP contribution in [0, 0.1) is 13.8 Å². The number of aromatic hydroxyl groups is 1. The van der Waals surface area contributed by atoms with Crippen molar-refractivity contribution in [3.05, 3.63) is 58.1 Å². The molecule has 0 bridgehead atoms. The molecule has 0 aliphatic carbocycles. The van der Waals surface area contributed by atoms with Crippen LogP contribution in [-0.4, -0.2) is 5.11 Å². The highest BCUT2D eigenvalue weighted by Gasteiger charge is 2.12. The Hall–Kier alpha value is -1.67. The molecule has 2 nitrogen and oxygen atoms in total. The zero-order valence-electron chi connectivity index (χ0n) is 11.4. The van der Waals surface area contributed by atoms with Crippen LogP contribution in [0.2, 0.25) is 5.02 Å². The summed E-state index contributed by atoms with van der Waals surface area (Å²) in [5.74, 6) is 0.310. The van der Waals surface area contributed by atoms with Crippen LogP contribution in [0.15, 0.2) is 36.4 Å². The third-order valence-corrected chi connectivity index (χ3v) is 3.70. The van der Waals surface area contributed by atoms with Crippen molar-refractivity contribution in [3.63, 3.8) is 0 Å². The first kappa shape index (κ1) is 13.8. The molecule has 0 fully saturated rings. The van der Waals surface area contributed by atoms with E-state index in [2.05, 4.69) is 5.32 Å². The molecule has 0 aliphatic heterocycles. The van der Waals surface area contributed by atoms with Gasteiger partial charge in [-0.05, 0) is 44.5 Å². The zero-order valence-corrected chi connectivity index (χ0v) is 12.1. The van der Waals surface area contributed by atoms with E-state index in [1.165, 1.54) is 0 Å². The van der Waals surface area contributed by atoms with Gasteiger partial charge in [-0.3, -0.25) is 0 Å². The monoisotopic (exact) mass is 275 g/mol. The predicted octanol–water partition coefficient (Wildman–Crippen LogP) is 4.84. The van der Waals surface area contributed by atoms with E-state index in [4.69, 9.17) is 11.6 Å². The Labute approximate surface area is 119 Å². The Morgan fingerprint density at radius 1 is 1.16 bits per heavy atom. The van der Waals surface area contributed by atoms with Gasteiger partial charge in [-0.2, -0.15) is 0 Å². The van der Waals surface area contributed by atoms with E-state index < -0.39 is 0 Å². The standard InChI is InChI=1S/C16H18ClNO/c1-10-7-8-16(19)13(9-10)12(3)18-15-6-4-5-14(17)11(15)2/h4-9,12,18-19H,1-3H3. The average molecular weight is 276 g/mol. The van der Waals surface area contributed by atoms with Gasteiger partial charge in [0, 0.05) is 16.3 Å². The second-order valence-corrected chi connectivity index (χ2v) is 5.25. The fourth-order valence-electron chi connectivity index (χ4n) is 2.10. The fourth-order valence-corrected chi connectivity index (χ4v) is 2.27. The molecular weight excluding hydrogens is 258 g/mol. The van der Waals surface area contributed by atoms with Gasteiger partial charge in [0.15, 0.2) is 0 Å². The third kappa shape index (κ3) is 3.02. The molecule has 1 unspecified atom stereocenters. The molecule has 0 amide bonds. The van der Waals surface area contributed by atoms with Gasteiger partial charge >= 0.3 is 0 Å². The summed E-state index contributed by atoms with van der Waals surface area (Å²) in [5.41, 5.74) is 4.02. The Balaban J connectivity index is 2.28. The average Bonchev–Trinajstić information content (AvgIpc) is 2.38. The van der Waals surface area contributed by atoms with Crippen molar-refractivity contribution < 1.29 is 5.11 Å². The Kier molecular flexibility index (Phi) is 4.01. The molecule has 0 aliphatic rings. The van der Waals surface area contributed by atoms with Gasteiger partial charge < -0.3 is 10.4 Å². The topological polar surface area (TPSA) is 32.3 Å². The van der Waals surface area contributed by atoms with Gasteiger partial charge in [0.05, 0.1) is 6.04 Å². The Bertz CT molecular complexity index is 595. The number of hydrogen-bond donors (Lipinski definition) is 2. The molecular formula is C16H18ClNO. The maximum atomic E-state index is 9.94. The molecule has 100 valence electrons. The summed E-state index contributed by atoms with van der Waals surface area (Å²) in [4.78, 5) is 0. The summed E-state index contributed by atoms with van der Waals surface area (Å²) < 4.78 is 0. The number of hydrogen-bond acceptors (Lipinski definition) is 2. The summed E-state index contributed by atoms with van der Waals surface area (Å²) in [6.45, 7) is 6.02. The number of phenols is 1. The van der Waals surface area contributed by atoms with Crippen LogP contribution in [0.5, 0.6) is 5.75 Å². The first-order chi connectivity index (χ1) is 8.99. The van der Waals surface area contributed by atoms with Crippen LogP contribution in [0.4, 0.5) is 5.69 Å². The molecule has 2 aromatic rings. The lowest BCUT2D eigenvalue weighted by atomic mass is 10.0. The molecule has 2 N–H and O–H groups in total. The van der Waals surface area contributed by atoms with Crippen molar-refractivity contribution in [1.29, 1.82) is 0 Å². The number of rotatable bonds is 3. The van der Waals surface area contributed by atoms with Gasteiger partial charge in [0.2, 0.25) is 0 Å². The van der Waals surface area contributed by atoms with Crippen molar-refractivity contribution in [2.75, 3.05) is 5.32 Å². The molecule has 2 rings (SSSR count). The van der Waals surface area contributed by atoms with E-state index in [1.807, 2.05) is 51.1 Å². The normalized spacial score (nSPS) is 12.2. The molecule has 3 heteroatoms. The van der Waals surface area contributed by atoms with Crippen molar-refractivity contribution in [2.24, 2.45) is 0 Å². The van der Waals surface area contributed by atoms with Crippen molar-refractivity contribution >= 4 is 17.3 Å². The molecule has 2 aromatic carbocycles. The van der Waals surface area contributed by atoms with E-state index in [-0.39, 0.29) is 6.04 Å². The van der Waals surface area contributed by atoms with Crippen molar-refractivity contribution in [3.8, 4) is 5.75 Å². The number of anilines is 1. The van der Waals surface area contributed by atoms with Crippen LogP contribution in [0.1, 0.15) is 29.7 Å². The minimum atomic E-state index is 0.0112. The first-order valence-electron chi connectivity index (χ1n) is 6.30. The summed E-state index contributed by atoms with van der Waals surface area (Å²) in [6.07, 6.45) is 0. The minimum absolute atomic E-state index is 0.0112. The molecule has 0 saturated heterocycles. The second-order valence-electron chi connectivity index (χ2n) is 4.84. The van der Waals surface area contributed by atoms with Crippen molar-refractivity contribution in [1.82, 2.24) is 0 Å². The van der Waals surface area contributed by atoms with E-state index in [9.17, 15) is 5.11 Å². The predicted molar refractivity (Wildman–Crippen MR) is 81.1 cm³/mol. The second kappa shape index (κ2) is 5.54. The van der Waals surface area contributed by atoms with Crippen LogP contribution < -0.4 is 5.32 Å². The van der Waals surface area contributed by atoms with Crippen molar-refractivity contribution in [2.45, 2.75) is 26.8 Å². The lowest BCUT2D eigenvalue weighted by Crippen LogP contribution is -2.08. The quantitative estimate of drug-likeness (QED) is 0.840. The molecule has 19 heavy (non-hydrogen) atoms. The largest absolute Gasteiger partial charge is 0.508 e. The Morgan fingerprint density at radius 3 is 2.63 bits per heavy atom. The smallest absolute Gasteiger partial charge is 0.120 e. The SMILES string of the molecule is Cc1ccc(O)c(C(C)Nc2cccc(Cl)c2C)c1. The maximum absolute atomic E-state index is 9.94. The van der Waals surface area contributed by atoms with E-state index in [0.717, 1.165) is 27.4 Å². The number of nitrogens with one attached hydrogen (secondary N) is 1. The summed E-state index contributed by atoms with van der Waals surface area (Å²) in [5, 5.41) is 14.1. The van der Waals surface area contributed by atoms with Gasteiger partial charge in [0.25, 0.3) is 0 Å². The number of halogens is 1. The first-order valence-corrected chi connectivity index (χ1v) is 6.68. The summed E-state index contributed by atoms with van der Waals surface area (Å²) >= 11 is 6.11. The summed E-state index contributed by atoms with van der Waals surface area (Å²) in [6, 6.07) is 11.4. The fraction of sp³-hybridized carbons (Fsp3) is 0.250. The van der Waals surface area contributed by atoms with Crippen LogP contribution in [0.25, 0.3) is 0 Å². The molecule has 0 radical (unpaired) electrons. The van der Waals surface area contributed by atoms with Gasteiger partial charge in [-0.15, -0.1) is 0 Å². The molecule has 1 atom stereocenters. The van der Waals surface area contributed by atoms with Gasteiger partial charge in [-0.1, -0.05) is 35.4 Å². The summed E-state index contributed by atoms with van der Waals surface area (Å²) in [7, 11) is 0. The number of benzene rings is 2. The molecule has 0 aromatic heterocycles. The molecule has 0 heterocycles. The lowest BCUT2D eigenvalue weighted by Gasteiger charge is -2.19. The number of aryl methyl sites for hydroxylation is 1. The zero-order chi connectivity index (χ0) is 14.0. The van der Waals surface area contributed by atoms with Crippen LogP contribution >= 0.6 is 11.6 Å². The highest BCUT2D eigenvalue weighted by molar-refractivity contribution is 6.31. The van der Waals surface area contributed by atoms with Crippen LogP contribution in [-0.2, 0) is 0 Å². The lowest BCUT2D eigenvalue weighted by molar-refractivity contribution is 0.465. The molecule has 0 spiro atoms. The molecule has 0 saturated carbocycles. The highest BCUT2D eigenvalue weighted by Crippen LogP contribution is 2.30. The van der Waals surface area contributed by atoms with E-state index in [1.54, 1.807) is 6.07 Å². The third-order valence-electron chi connectivity index (χ3n) is 3.29. The van der Waals surface area contributed by atoms with Gasteiger partial charge in [0.1, 0.15) is 5.75 Å².